The lowest BCUT2D eigenvalue weighted by Gasteiger charge is -2.20. The van der Waals surface area contributed by atoms with Gasteiger partial charge in [0.15, 0.2) is 0 Å². The standard InChI is InChI=1S/C13H22N2O3/c1-8(2)6-11(13(17)18-5)15-12(16)10(7-14)9(3)4/h8-11H,6H2,1-5H3,(H,15,16). The van der Waals surface area contributed by atoms with E-state index in [-0.39, 0.29) is 11.8 Å². The first kappa shape index (κ1) is 16.4. The smallest absolute Gasteiger partial charge is 0.328 e. The van der Waals surface area contributed by atoms with Gasteiger partial charge in [-0.05, 0) is 18.3 Å². The van der Waals surface area contributed by atoms with Crippen LogP contribution in [0.3, 0.4) is 0 Å². The SMILES string of the molecule is COC(=O)C(CC(C)C)NC(=O)C(C#N)C(C)C. The van der Waals surface area contributed by atoms with E-state index in [1.807, 2.05) is 19.9 Å². The van der Waals surface area contributed by atoms with Crippen molar-refractivity contribution in [2.24, 2.45) is 17.8 Å². The number of esters is 1. The minimum absolute atomic E-state index is 0.0904. The van der Waals surface area contributed by atoms with Crippen molar-refractivity contribution in [1.82, 2.24) is 5.32 Å². The number of hydrogen-bond acceptors (Lipinski definition) is 4. The maximum Gasteiger partial charge on any atom is 0.328 e. The lowest BCUT2D eigenvalue weighted by molar-refractivity contribution is -0.146. The third-order valence-corrected chi connectivity index (χ3v) is 2.60. The summed E-state index contributed by atoms with van der Waals surface area (Å²) < 4.78 is 4.65. The molecule has 5 nitrogen and oxygen atoms in total. The summed E-state index contributed by atoms with van der Waals surface area (Å²) in [5.74, 6) is -1.48. The van der Waals surface area contributed by atoms with Crippen LogP contribution in [0.15, 0.2) is 0 Å². The topological polar surface area (TPSA) is 79.2 Å². The Labute approximate surface area is 108 Å². The maximum atomic E-state index is 11.9. The van der Waals surface area contributed by atoms with E-state index in [4.69, 9.17) is 5.26 Å². The molecule has 0 fully saturated rings. The fraction of sp³-hybridized carbons (Fsp3) is 0.769. The van der Waals surface area contributed by atoms with E-state index in [1.54, 1.807) is 13.8 Å². The molecule has 18 heavy (non-hydrogen) atoms. The third kappa shape index (κ3) is 5.17. The van der Waals surface area contributed by atoms with E-state index < -0.39 is 23.8 Å². The van der Waals surface area contributed by atoms with Gasteiger partial charge in [0.25, 0.3) is 0 Å². The third-order valence-electron chi connectivity index (χ3n) is 2.60. The van der Waals surface area contributed by atoms with Crippen LogP contribution in [0.2, 0.25) is 0 Å². The normalized spacial score (nSPS) is 13.9. The Bertz CT molecular complexity index is 332. The van der Waals surface area contributed by atoms with Gasteiger partial charge in [0.1, 0.15) is 12.0 Å². The van der Waals surface area contributed by atoms with E-state index in [1.165, 1.54) is 7.11 Å². The number of methoxy groups -OCH3 is 1. The van der Waals surface area contributed by atoms with Crippen LogP contribution in [0.4, 0.5) is 0 Å². The lowest BCUT2D eigenvalue weighted by atomic mass is 9.95. The van der Waals surface area contributed by atoms with Crippen molar-refractivity contribution >= 4 is 11.9 Å². The first-order valence-corrected chi connectivity index (χ1v) is 6.11. The molecule has 0 saturated heterocycles. The highest BCUT2D eigenvalue weighted by molar-refractivity contribution is 5.87. The van der Waals surface area contributed by atoms with E-state index in [0.29, 0.717) is 6.42 Å². The minimum atomic E-state index is -0.746. The minimum Gasteiger partial charge on any atom is -0.467 e. The second kappa shape index (κ2) is 7.70. The molecule has 0 saturated carbocycles. The largest absolute Gasteiger partial charge is 0.467 e. The van der Waals surface area contributed by atoms with Gasteiger partial charge in [-0.15, -0.1) is 0 Å². The molecule has 0 aliphatic carbocycles. The molecule has 0 aliphatic heterocycles. The Balaban J connectivity index is 4.72. The molecule has 102 valence electrons. The molecule has 0 heterocycles. The monoisotopic (exact) mass is 254 g/mol. The molecule has 0 radical (unpaired) electrons. The molecule has 0 aromatic rings. The highest BCUT2D eigenvalue weighted by atomic mass is 16.5. The summed E-state index contributed by atoms with van der Waals surface area (Å²) in [4.78, 5) is 23.4. The molecule has 1 amide bonds. The quantitative estimate of drug-likeness (QED) is 0.728. The molecular weight excluding hydrogens is 232 g/mol. The summed E-state index contributed by atoms with van der Waals surface area (Å²) in [5.41, 5.74) is 0. The molecule has 0 bridgehead atoms. The molecule has 0 spiro atoms. The predicted molar refractivity (Wildman–Crippen MR) is 67.3 cm³/mol. The zero-order valence-corrected chi connectivity index (χ0v) is 11.7. The molecule has 0 rings (SSSR count). The van der Waals surface area contributed by atoms with Crippen LogP contribution in [-0.4, -0.2) is 25.0 Å². The summed E-state index contributed by atoms with van der Waals surface area (Å²) in [6.45, 7) is 7.49. The first-order valence-electron chi connectivity index (χ1n) is 6.11. The van der Waals surface area contributed by atoms with Gasteiger partial charge in [0.2, 0.25) is 5.91 Å². The lowest BCUT2D eigenvalue weighted by Crippen LogP contribution is -2.45. The molecule has 0 aromatic carbocycles. The maximum absolute atomic E-state index is 11.9. The number of nitrogens with zero attached hydrogens (tertiary/aromatic N) is 1. The van der Waals surface area contributed by atoms with Crippen LogP contribution < -0.4 is 5.32 Å². The summed E-state index contributed by atoms with van der Waals surface area (Å²) in [6.07, 6.45) is 0.495. The van der Waals surface area contributed by atoms with Crippen LogP contribution >= 0.6 is 0 Å². The van der Waals surface area contributed by atoms with Gasteiger partial charge in [0.05, 0.1) is 13.2 Å². The van der Waals surface area contributed by atoms with Gasteiger partial charge < -0.3 is 10.1 Å². The molecule has 1 N–H and O–H groups in total. The van der Waals surface area contributed by atoms with Crippen molar-refractivity contribution < 1.29 is 14.3 Å². The zero-order chi connectivity index (χ0) is 14.3. The summed E-state index contributed by atoms with van der Waals surface area (Å²) >= 11 is 0. The Morgan fingerprint density at radius 2 is 1.83 bits per heavy atom. The van der Waals surface area contributed by atoms with Gasteiger partial charge in [0, 0.05) is 0 Å². The number of carbonyl (C=O) groups is 2. The Kier molecular flexibility index (Phi) is 7.03. The van der Waals surface area contributed by atoms with E-state index in [0.717, 1.165) is 0 Å². The van der Waals surface area contributed by atoms with Crippen molar-refractivity contribution in [2.45, 2.75) is 40.2 Å². The first-order chi connectivity index (χ1) is 8.33. The highest BCUT2D eigenvalue weighted by Crippen LogP contribution is 2.12. The average molecular weight is 254 g/mol. The van der Waals surface area contributed by atoms with Gasteiger partial charge in [-0.25, -0.2) is 4.79 Å². The number of ether oxygens (including phenoxy) is 1. The molecule has 2 atom stereocenters. The molecule has 2 unspecified atom stereocenters. The number of hydrogen-bond donors (Lipinski definition) is 1. The van der Waals surface area contributed by atoms with E-state index in [2.05, 4.69) is 10.1 Å². The van der Waals surface area contributed by atoms with Crippen molar-refractivity contribution in [3.63, 3.8) is 0 Å². The van der Waals surface area contributed by atoms with Gasteiger partial charge in [-0.3, -0.25) is 4.79 Å². The fourth-order valence-corrected chi connectivity index (χ4v) is 1.60. The molecule has 5 heteroatoms. The number of nitrogens with one attached hydrogen (secondary N) is 1. The predicted octanol–water partition coefficient (Wildman–Crippen LogP) is 1.49. The van der Waals surface area contributed by atoms with Crippen LogP contribution in [0.5, 0.6) is 0 Å². The van der Waals surface area contributed by atoms with Crippen molar-refractivity contribution in [3.8, 4) is 6.07 Å². The van der Waals surface area contributed by atoms with Crippen molar-refractivity contribution in [2.75, 3.05) is 7.11 Å². The van der Waals surface area contributed by atoms with Crippen LogP contribution in [0.25, 0.3) is 0 Å². The Morgan fingerprint density at radius 3 is 2.17 bits per heavy atom. The number of amides is 1. The summed E-state index contributed by atoms with van der Waals surface area (Å²) in [6, 6.07) is 1.27. The number of carbonyl (C=O) groups excluding carboxylic acids is 2. The van der Waals surface area contributed by atoms with E-state index >= 15 is 0 Å². The second-order valence-electron chi connectivity index (χ2n) is 5.06. The van der Waals surface area contributed by atoms with Crippen molar-refractivity contribution in [1.29, 1.82) is 5.26 Å². The van der Waals surface area contributed by atoms with E-state index in [9.17, 15) is 9.59 Å². The Hall–Kier alpha value is -1.57. The average Bonchev–Trinajstić information content (AvgIpc) is 2.26. The zero-order valence-electron chi connectivity index (χ0n) is 11.7. The summed E-state index contributed by atoms with van der Waals surface area (Å²) in [5, 5.41) is 11.5. The van der Waals surface area contributed by atoms with Gasteiger partial charge >= 0.3 is 5.97 Å². The summed E-state index contributed by atoms with van der Waals surface area (Å²) in [7, 11) is 1.28. The molecule has 0 aromatic heterocycles. The van der Waals surface area contributed by atoms with Crippen LogP contribution in [0, 0.1) is 29.1 Å². The van der Waals surface area contributed by atoms with Crippen LogP contribution in [0.1, 0.15) is 34.1 Å². The second-order valence-corrected chi connectivity index (χ2v) is 5.06. The molecular formula is C13H22N2O3. The number of rotatable bonds is 6. The number of nitriles is 1. The Morgan fingerprint density at radius 1 is 1.28 bits per heavy atom. The van der Waals surface area contributed by atoms with Crippen molar-refractivity contribution in [3.05, 3.63) is 0 Å². The van der Waals surface area contributed by atoms with Crippen LogP contribution in [-0.2, 0) is 14.3 Å². The fourth-order valence-electron chi connectivity index (χ4n) is 1.60. The molecule has 0 aliphatic rings. The van der Waals surface area contributed by atoms with Gasteiger partial charge in [-0.1, -0.05) is 27.7 Å². The van der Waals surface area contributed by atoms with Gasteiger partial charge in [-0.2, -0.15) is 5.26 Å². The highest BCUT2D eigenvalue weighted by Gasteiger charge is 2.28.